The van der Waals surface area contributed by atoms with E-state index in [9.17, 15) is 0 Å². The van der Waals surface area contributed by atoms with Crippen molar-refractivity contribution in [3.63, 3.8) is 0 Å². The first-order chi connectivity index (χ1) is 15.4. The van der Waals surface area contributed by atoms with E-state index in [0.29, 0.717) is 0 Å². The summed E-state index contributed by atoms with van der Waals surface area (Å²) in [4.78, 5) is 0. The molecule has 0 radical (unpaired) electrons. The van der Waals surface area contributed by atoms with E-state index in [0.717, 1.165) is 0 Å². The second kappa shape index (κ2) is 6.99. The fraction of sp³-hybridized carbons (Fsp3) is 0.400. The number of benzene rings is 3. The molecule has 1 nitrogen and oxygen atoms in total. The molecular weight excluding hydrogens is 374 g/mol. The number of nitrogens with zero attached hydrogens (tertiary/aromatic N) is 1. The number of aromatic nitrogens is 1. The molecule has 0 unspecified atom stereocenters. The van der Waals surface area contributed by atoms with Crippen LogP contribution < -0.4 is 0 Å². The molecule has 0 aliphatic heterocycles. The minimum Gasteiger partial charge on any atom is -0.308 e. The minimum atomic E-state index is 1.24. The van der Waals surface area contributed by atoms with E-state index in [-0.39, 0.29) is 0 Å². The summed E-state index contributed by atoms with van der Waals surface area (Å²) in [6, 6.07) is 16.9. The molecule has 0 saturated carbocycles. The van der Waals surface area contributed by atoms with E-state index >= 15 is 0 Å². The van der Waals surface area contributed by atoms with E-state index in [1.54, 1.807) is 27.6 Å². The monoisotopic (exact) mass is 405 g/mol. The molecule has 2 aliphatic rings. The van der Waals surface area contributed by atoms with Gasteiger partial charge in [-0.1, -0.05) is 43.9 Å². The first kappa shape index (κ1) is 18.1. The van der Waals surface area contributed by atoms with Crippen LogP contribution in [0.25, 0.3) is 38.1 Å². The van der Waals surface area contributed by atoms with Crippen LogP contribution in [-0.2, 0) is 25.7 Å². The molecule has 0 amide bonds. The summed E-state index contributed by atoms with van der Waals surface area (Å²) in [5, 5.41) is 6.03. The van der Waals surface area contributed by atoms with Gasteiger partial charge in [-0.05, 0) is 97.9 Å². The average molecular weight is 406 g/mol. The Bertz CT molecular complexity index is 1430. The Morgan fingerprint density at radius 2 is 1.16 bits per heavy atom. The minimum absolute atomic E-state index is 1.24. The van der Waals surface area contributed by atoms with Gasteiger partial charge in [-0.25, -0.2) is 0 Å². The van der Waals surface area contributed by atoms with Crippen molar-refractivity contribution in [2.45, 2.75) is 77.0 Å². The van der Waals surface area contributed by atoms with Gasteiger partial charge in [-0.2, -0.15) is 0 Å². The smallest absolute Gasteiger partial charge is 0.0623 e. The average Bonchev–Trinajstić information content (AvgIpc) is 3.22. The van der Waals surface area contributed by atoms with Crippen LogP contribution in [0.3, 0.4) is 0 Å². The van der Waals surface area contributed by atoms with E-state index < -0.39 is 0 Å². The molecule has 1 heteroatoms. The highest BCUT2D eigenvalue weighted by Crippen LogP contribution is 2.44. The molecule has 0 spiro atoms. The fourth-order valence-corrected chi connectivity index (χ4v) is 6.75. The van der Waals surface area contributed by atoms with Gasteiger partial charge in [0.1, 0.15) is 0 Å². The number of rotatable bonds is 0. The predicted octanol–water partition coefficient (Wildman–Crippen LogP) is 8.15. The third-order valence-corrected chi connectivity index (χ3v) is 8.25. The Balaban J connectivity index is 1.66. The lowest BCUT2D eigenvalue weighted by Crippen LogP contribution is -1.95. The van der Waals surface area contributed by atoms with Crippen molar-refractivity contribution in [2.75, 3.05) is 0 Å². The molecule has 7 rings (SSSR count). The van der Waals surface area contributed by atoms with Crippen molar-refractivity contribution in [3.8, 4) is 0 Å². The third kappa shape index (κ3) is 2.62. The standard InChI is InChI=1S/C30H31N/c1-2-5-13-22-18-26-25-17-20-11-6-4-7-12-21(20)19-28(25)31-27-16-10-9-15-24(27)29(30(26)31)23(22)14-8-3-1/h9-10,15-19H,1-8,11-14H2. The molecule has 3 aromatic carbocycles. The van der Waals surface area contributed by atoms with E-state index in [2.05, 4.69) is 46.9 Å². The summed E-state index contributed by atoms with van der Waals surface area (Å²) in [5.74, 6) is 0. The van der Waals surface area contributed by atoms with Gasteiger partial charge in [0.25, 0.3) is 0 Å². The third-order valence-electron chi connectivity index (χ3n) is 8.25. The maximum Gasteiger partial charge on any atom is 0.0623 e. The van der Waals surface area contributed by atoms with Crippen molar-refractivity contribution >= 4 is 38.1 Å². The summed E-state index contributed by atoms with van der Waals surface area (Å²) in [7, 11) is 0. The van der Waals surface area contributed by atoms with Crippen molar-refractivity contribution in [2.24, 2.45) is 0 Å². The first-order valence-electron chi connectivity index (χ1n) is 12.6. The van der Waals surface area contributed by atoms with Gasteiger partial charge in [0.2, 0.25) is 0 Å². The summed E-state index contributed by atoms with van der Waals surface area (Å²) >= 11 is 0. The van der Waals surface area contributed by atoms with E-state index in [1.165, 1.54) is 110 Å². The van der Waals surface area contributed by atoms with Crippen LogP contribution in [0.4, 0.5) is 0 Å². The molecule has 2 heterocycles. The summed E-state index contributed by atoms with van der Waals surface area (Å²) in [6.45, 7) is 0. The zero-order chi connectivity index (χ0) is 20.4. The Morgan fingerprint density at radius 1 is 0.516 bits per heavy atom. The Labute approximate surface area is 184 Å². The molecule has 0 N–H and O–H groups in total. The molecule has 2 aliphatic carbocycles. The number of hydrogen-bond donors (Lipinski definition) is 0. The quantitative estimate of drug-likeness (QED) is 0.229. The highest BCUT2D eigenvalue weighted by molar-refractivity contribution is 6.24. The summed E-state index contributed by atoms with van der Waals surface area (Å²) < 4.78 is 2.62. The molecule has 2 aromatic heterocycles. The number of para-hydroxylation sites is 1. The van der Waals surface area contributed by atoms with E-state index in [1.807, 2.05) is 0 Å². The Hall–Kier alpha value is -2.54. The van der Waals surface area contributed by atoms with Crippen LogP contribution >= 0.6 is 0 Å². The van der Waals surface area contributed by atoms with Crippen molar-refractivity contribution in [1.82, 2.24) is 4.40 Å². The lowest BCUT2D eigenvalue weighted by Gasteiger charge is -2.12. The second-order valence-electron chi connectivity index (χ2n) is 10.1. The molecule has 0 bridgehead atoms. The topological polar surface area (TPSA) is 4.41 Å². The lowest BCUT2D eigenvalue weighted by atomic mass is 9.91. The van der Waals surface area contributed by atoms with Gasteiger partial charge < -0.3 is 4.40 Å². The van der Waals surface area contributed by atoms with Crippen LogP contribution in [0.2, 0.25) is 0 Å². The zero-order valence-corrected chi connectivity index (χ0v) is 18.5. The van der Waals surface area contributed by atoms with Crippen molar-refractivity contribution < 1.29 is 0 Å². The molecule has 31 heavy (non-hydrogen) atoms. The molecular formula is C30H31N. The van der Waals surface area contributed by atoms with Gasteiger partial charge in [0.05, 0.1) is 16.6 Å². The fourth-order valence-electron chi connectivity index (χ4n) is 6.75. The first-order valence-corrected chi connectivity index (χ1v) is 12.6. The van der Waals surface area contributed by atoms with Gasteiger partial charge >= 0.3 is 0 Å². The number of hydrogen-bond acceptors (Lipinski definition) is 0. The van der Waals surface area contributed by atoms with Crippen LogP contribution in [0.15, 0.2) is 42.5 Å². The van der Waals surface area contributed by atoms with Gasteiger partial charge in [-0.3, -0.25) is 0 Å². The van der Waals surface area contributed by atoms with Gasteiger partial charge in [-0.15, -0.1) is 0 Å². The highest BCUT2D eigenvalue weighted by Gasteiger charge is 2.23. The SMILES string of the molecule is c1ccc2c(c1)c1c3c(cc4c5cc6c(cc5n2c41)CCCCC6)CCCCCCC3. The number of aryl methyl sites for hydroxylation is 4. The van der Waals surface area contributed by atoms with Crippen LogP contribution in [0, 0.1) is 0 Å². The Kier molecular flexibility index (Phi) is 4.07. The second-order valence-corrected chi connectivity index (χ2v) is 10.1. The number of fused-ring (bicyclic) bond motifs is 9. The molecule has 5 aromatic rings. The normalized spacial score (nSPS) is 18.1. The van der Waals surface area contributed by atoms with Gasteiger partial charge in [0.15, 0.2) is 0 Å². The summed E-state index contributed by atoms with van der Waals surface area (Å²) in [5.41, 5.74) is 10.8. The highest BCUT2D eigenvalue weighted by atomic mass is 14.9. The molecule has 0 atom stereocenters. The predicted molar refractivity (Wildman–Crippen MR) is 133 cm³/mol. The van der Waals surface area contributed by atoms with Crippen molar-refractivity contribution in [3.05, 3.63) is 64.7 Å². The van der Waals surface area contributed by atoms with Crippen LogP contribution in [-0.4, -0.2) is 4.40 Å². The van der Waals surface area contributed by atoms with Gasteiger partial charge in [0, 0.05) is 21.5 Å². The van der Waals surface area contributed by atoms with Crippen molar-refractivity contribution in [1.29, 1.82) is 0 Å². The lowest BCUT2D eigenvalue weighted by molar-refractivity contribution is 0.629. The van der Waals surface area contributed by atoms with Crippen LogP contribution in [0.5, 0.6) is 0 Å². The molecule has 0 fully saturated rings. The molecule has 156 valence electrons. The van der Waals surface area contributed by atoms with E-state index in [4.69, 9.17) is 0 Å². The maximum atomic E-state index is 2.62. The largest absolute Gasteiger partial charge is 0.308 e. The summed E-state index contributed by atoms with van der Waals surface area (Å²) in [6.07, 6.45) is 15.9. The zero-order valence-electron chi connectivity index (χ0n) is 18.5. The Morgan fingerprint density at radius 3 is 2.03 bits per heavy atom. The van der Waals surface area contributed by atoms with Crippen LogP contribution in [0.1, 0.15) is 73.6 Å². The maximum absolute atomic E-state index is 2.62. The molecule has 0 saturated heterocycles.